The molecule has 0 aliphatic carbocycles. The molecule has 2 N–H and O–H groups in total. The lowest BCUT2D eigenvalue weighted by Gasteiger charge is -2.07. The second-order valence-electron chi connectivity index (χ2n) is 2.95. The van der Waals surface area contributed by atoms with Gasteiger partial charge in [-0.05, 0) is 18.6 Å². The standard InChI is InChI=1S/C10H11F2NO2/c1-2-5-15-10(14)8-6(11)3-4-7(12)9(8)13/h3-4H,2,5,13H2,1H3. The highest BCUT2D eigenvalue weighted by atomic mass is 19.1. The number of rotatable bonds is 3. The molecular weight excluding hydrogens is 204 g/mol. The summed E-state index contributed by atoms with van der Waals surface area (Å²) < 4.78 is 30.8. The van der Waals surface area contributed by atoms with Crippen molar-refractivity contribution in [3.8, 4) is 0 Å². The summed E-state index contributed by atoms with van der Waals surface area (Å²) in [6.07, 6.45) is 0.600. The zero-order valence-corrected chi connectivity index (χ0v) is 8.22. The lowest BCUT2D eigenvalue weighted by Crippen LogP contribution is -2.12. The molecule has 1 aromatic carbocycles. The van der Waals surface area contributed by atoms with Crippen LogP contribution in [0.4, 0.5) is 14.5 Å². The molecule has 0 aliphatic heterocycles. The van der Waals surface area contributed by atoms with E-state index in [1.165, 1.54) is 0 Å². The minimum atomic E-state index is -0.939. The highest BCUT2D eigenvalue weighted by molar-refractivity contribution is 5.95. The van der Waals surface area contributed by atoms with E-state index in [1.807, 2.05) is 0 Å². The zero-order chi connectivity index (χ0) is 11.4. The summed E-state index contributed by atoms with van der Waals surface area (Å²) in [7, 11) is 0. The van der Waals surface area contributed by atoms with Crippen LogP contribution in [0.5, 0.6) is 0 Å². The highest BCUT2D eigenvalue weighted by Gasteiger charge is 2.19. The van der Waals surface area contributed by atoms with Gasteiger partial charge in [0.05, 0.1) is 12.3 Å². The first kappa shape index (κ1) is 11.4. The van der Waals surface area contributed by atoms with Crippen LogP contribution in [0.3, 0.4) is 0 Å². The maximum Gasteiger partial charge on any atom is 0.343 e. The highest BCUT2D eigenvalue weighted by Crippen LogP contribution is 2.20. The number of esters is 1. The topological polar surface area (TPSA) is 52.3 Å². The zero-order valence-electron chi connectivity index (χ0n) is 8.22. The Hall–Kier alpha value is -1.65. The van der Waals surface area contributed by atoms with Gasteiger partial charge in [0.2, 0.25) is 0 Å². The Bertz CT molecular complexity index is 380. The van der Waals surface area contributed by atoms with Crippen molar-refractivity contribution in [2.75, 3.05) is 12.3 Å². The summed E-state index contributed by atoms with van der Waals surface area (Å²) in [6, 6.07) is 1.70. The van der Waals surface area contributed by atoms with E-state index in [4.69, 9.17) is 5.73 Å². The predicted octanol–water partition coefficient (Wildman–Crippen LogP) is 2.11. The summed E-state index contributed by atoms with van der Waals surface area (Å²) in [6.45, 7) is 1.94. The smallest absolute Gasteiger partial charge is 0.343 e. The molecule has 0 amide bonds. The van der Waals surface area contributed by atoms with E-state index in [2.05, 4.69) is 4.74 Å². The van der Waals surface area contributed by atoms with E-state index in [9.17, 15) is 13.6 Å². The van der Waals surface area contributed by atoms with Crippen molar-refractivity contribution in [2.24, 2.45) is 0 Å². The number of hydrogen-bond donors (Lipinski definition) is 1. The number of carbonyl (C=O) groups is 1. The molecule has 5 heteroatoms. The Morgan fingerprint density at radius 3 is 2.60 bits per heavy atom. The molecule has 3 nitrogen and oxygen atoms in total. The van der Waals surface area contributed by atoms with Gasteiger partial charge in [0.15, 0.2) is 0 Å². The summed E-state index contributed by atoms with van der Waals surface area (Å²) in [5, 5.41) is 0. The van der Waals surface area contributed by atoms with Gasteiger partial charge >= 0.3 is 5.97 Å². The first-order valence-corrected chi connectivity index (χ1v) is 4.48. The Morgan fingerprint density at radius 2 is 2.00 bits per heavy atom. The third kappa shape index (κ3) is 2.43. The lowest BCUT2D eigenvalue weighted by atomic mass is 10.1. The van der Waals surface area contributed by atoms with Gasteiger partial charge < -0.3 is 10.5 Å². The lowest BCUT2D eigenvalue weighted by molar-refractivity contribution is 0.0500. The predicted molar refractivity (Wildman–Crippen MR) is 51.3 cm³/mol. The van der Waals surface area contributed by atoms with Crippen LogP contribution in [0.1, 0.15) is 23.7 Å². The Balaban J connectivity index is 3.02. The number of nitrogen functional groups attached to an aromatic ring is 1. The van der Waals surface area contributed by atoms with Crippen LogP contribution in [0.15, 0.2) is 12.1 Å². The number of ether oxygens (including phenoxy) is 1. The van der Waals surface area contributed by atoms with Gasteiger partial charge in [0, 0.05) is 0 Å². The molecule has 0 radical (unpaired) electrons. The van der Waals surface area contributed by atoms with Gasteiger partial charge in [-0.15, -0.1) is 0 Å². The quantitative estimate of drug-likeness (QED) is 0.620. The molecule has 1 aromatic rings. The molecule has 0 heterocycles. The molecule has 0 spiro atoms. The monoisotopic (exact) mass is 215 g/mol. The van der Waals surface area contributed by atoms with Crippen LogP contribution >= 0.6 is 0 Å². The van der Waals surface area contributed by atoms with Gasteiger partial charge in [-0.3, -0.25) is 0 Å². The van der Waals surface area contributed by atoms with Crippen LogP contribution in [0.2, 0.25) is 0 Å². The second kappa shape index (κ2) is 4.72. The molecule has 0 saturated heterocycles. The number of carbonyl (C=O) groups excluding carboxylic acids is 1. The summed E-state index contributed by atoms with van der Waals surface area (Å²) >= 11 is 0. The minimum absolute atomic E-state index is 0.147. The molecule has 0 atom stereocenters. The van der Waals surface area contributed by atoms with Crippen molar-refractivity contribution in [3.05, 3.63) is 29.3 Å². The fourth-order valence-corrected chi connectivity index (χ4v) is 1.04. The first-order chi connectivity index (χ1) is 7.07. The normalized spacial score (nSPS) is 10.1. The molecule has 0 bridgehead atoms. The SMILES string of the molecule is CCCOC(=O)c1c(F)ccc(F)c1N. The number of anilines is 1. The minimum Gasteiger partial charge on any atom is -0.462 e. The summed E-state index contributed by atoms with van der Waals surface area (Å²) in [5.41, 5.74) is 4.18. The van der Waals surface area contributed by atoms with Gasteiger partial charge in [-0.2, -0.15) is 0 Å². The van der Waals surface area contributed by atoms with E-state index in [1.54, 1.807) is 6.92 Å². The largest absolute Gasteiger partial charge is 0.462 e. The van der Waals surface area contributed by atoms with Gasteiger partial charge in [0.1, 0.15) is 17.2 Å². The van der Waals surface area contributed by atoms with E-state index in [-0.39, 0.29) is 6.61 Å². The molecule has 15 heavy (non-hydrogen) atoms. The van der Waals surface area contributed by atoms with Crippen molar-refractivity contribution in [2.45, 2.75) is 13.3 Å². The van der Waals surface area contributed by atoms with Crippen LogP contribution in [0, 0.1) is 11.6 Å². The molecule has 0 aliphatic rings. The average Bonchev–Trinajstić information content (AvgIpc) is 2.21. The Labute approximate surface area is 85.8 Å². The van der Waals surface area contributed by atoms with E-state index >= 15 is 0 Å². The second-order valence-corrected chi connectivity index (χ2v) is 2.95. The maximum atomic E-state index is 13.2. The van der Waals surface area contributed by atoms with Crippen LogP contribution < -0.4 is 5.73 Å². The summed E-state index contributed by atoms with van der Waals surface area (Å²) in [5.74, 6) is -2.65. The van der Waals surface area contributed by atoms with Crippen molar-refractivity contribution >= 4 is 11.7 Å². The summed E-state index contributed by atoms with van der Waals surface area (Å²) in [4.78, 5) is 11.3. The number of nitrogens with two attached hydrogens (primary N) is 1. The number of hydrogen-bond acceptors (Lipinski definition) is 3. The molecule has 1 rings (SSSR count). The fourth-order valence-electron chi connectivity index (χ4n) is 1.04. The van der Waals surface area contributed by atoms with Crippen LogP contribution in [0.25, 0.3) is 0 Å². The van der Waals surface area contributed by atoms with Crippen LogP contribution in [-0.2, 0) is 4.74 Å². The van der Waals surface area contributed by atoms with Crippen molar-refractivity contribution in [1.82, 2.24) is 0 Å². The van der Waals surface area contributed by atoms with Crippen LogP contribution in [-0.4, -0.2) is 12.6 Å². The van der Waals surface area contributed by atoms with Crippen molar-refractivity contribution in [1.29, 1.82) is 0 Å². The molecular formula is C10H11F2NO2. The third-order valence-electron chi connectivity index (χ3n) is 1.78. The number of benzene rings is 1. The Kier molecular flexibility index (Phi) is 3.60. The maximum absolute atomic E-state index is 13.2. The molecule has 0 unspecified atom stereocenters. The van der Waals surface area contributed by atoms with Gasteiger partial charge in [-0.25, -0.2) is 13.6 Å². The molecule has 0 fully saturated rings. The van der Waals surface area contributed by atoms with E-state index < -0.39 is 28.9 Å². The number of halogens is 2. The van der Waals surface area contributed by atoms with Gasteiger partial charge in [0.25, 0.3) is 0 Å². The van der Waals surface area contributed by atoms with Gasteiger partial charge in [-0.1, -0.05) is 6.92 Å². The van der Waals surface area contributed by atoms with Crippen molar-refractivity contribution < 1.29 is 18.3 Å². The van der Waals surface area contributed by atoms with E-state index in [0.717, 1.165) is 12.1 Å². The average molecular weight is 215 g/mol. The third-order valence-corrected chi connectivity index (χ3v) is 1.78. The molecule has 0 saturated carbocycles. The Morgan fingerprint density at radius 1 is 1.40 bits per heavy atom. The fraction of sp³-hybridized carbons (Fsp3) is 0.300. The first-order valence-electron chi connectivity index (χ1n) is 4.48. The molecule has 0 aromatic heterocycles. The van der Waals surface area contributed by atoms with E-state index in [0.29, 0.717) is 6.42 Å². The van der Waals surface area contributed by atoms with Crippen molar-refractivity contribution in [3.63, 3.8) is 0 Å². The molecule has 82 valence electrons.